The van der Waals surface area contributed by atoms with Crippen LogP contribution in [-0.4, -0.2) is 38.6 Å². The lowest BCUT2D eigenvalue weighted by atomic mass is 9.76. The SMILES string of the molecule is COCC1=C(c2ccc(C)cc2)C[C@](c2ccc(OCCCC(F)(F)F)cc2)(C(F)(F)F)NC1=O. The van der Waals surface area contributed by atoms with Gasteiger partial charge in [0.1, 0.15) is 5.75 Å². The van der Waals surface area contributed by atoms with E-state index in [1.165, 1.54) is 31.4 Å². The first-order valence-electron chi connectivity index (χ1n) is 10.8. The molecule has 0 saturated carbocycles. The maximum atomic E-state index is 14.6. The molecule has 1 amide bonds. The topological polar surface area (TPSA) is 47.6 Å². The van der Waals surface area contributed by atoms with Gasteiger partial charge in [0.15, 0.2) is 5.54 Å². The molecule has 2 aromatic rings. The van der Waals surface area contributed by atoms with Crippen molar-refractivity contribution >= 4 is 11.5 Å². The van der Waals surface area contributed by atoms with Crippen molar-refractivity contribution in [2.75, 3.05) is 20.3 Å². The zero-order chi connectivity index (χ0) is 25.9. The van der Waals surface area contributed by atoms with Crippen molar-refractivity contribution in [2.24, 2.45) is 0 Å². The molecular formula is C25H25F6NO3. The van der Waals surface area contributed by atoms with Crippen LogP contribution < -0.4 is 10.1 Å². The highest BCUT2D eigenvalue weighted by Gasteiger charge is 2.59. The highest BCUT2D eigenvalue weighted by atomic mass is 19.4. The maximum absolute atomic E-state index is 14.6. The number of amides is 1. The fraction of sp³-hybridized carbons (Fsp3) is 0.400. The van der Waals surface area contributed by atoms with Crippen molar-refractivity contribution in [3.8, 4) is 5.75 Å². The summed E-state index contributed by atoms with van der Waals surface area (Å²) in [5, 5.41) is 2.15. The summed E-state index contributed by atoms with van der Waals surface area (Å²) in [5.41, 5.74) is -1.20. The number of benzene rings is 2. The van der Waals surface area contributed by atoms with E-state index < -0.39 is 36.6 Å². The largest absolute Gasteiger partial charge is 0.494 e. The van der Waals surface area contributed by atoms with Crippen molar-refractivity contribution in [3.05, 3.63) is 70.8 Å². The van der Waals surface area contributed by atoms with Crippen LogP contribution in [0.3, 0.4) is 0 Å². The Morgan fingerprint density at radius 2 is 1.60 bits per heavy atom. The molecule has 0 aliphatic carbocycles. The molecule has 1 aliphatic heterocycles. The number of hydrogen-bond donors (Lipinski definition) is 1. The average molecular weight is 501 g/mol. The number of nitrogens with one attached hydrogen (secondary N) is 1. The first-order valence-corrected chi connectivity index (χ1v) is 10.8. The lowest BCUT2D eigenvalue weighted by Gasteiger charge is -2.41. The van der Waals surface area contributed by atoms with Gasteiger partial charge < -0.3 is 14.8 Å². The van der Waals surface area contributed by atoms with E-state index in [0.717, 1.165) is 5.56 Å². The molecule has 0 bridgehead atoms. The number of carbonyl (C=O) groups excluding carboxylic acids is 1. The Labute approximate surface area is 198 Å². The lowest BCUT2D eigenvalue weighted by molar-refractivity contribution is -0.202. The monoisotopic (exact) mass is 501 g/mol. The standard InChI is InChI=1S/C25H25F6NO3/c1-16-4-6-17(7-5-16)20-14-23(25(29,30)31,32-22(33)21(20)15-34-2)18-8-10-19(11-9-18)35-13-3-12-24(26,27)28/h4-11H,3,12-15H2,1-2H3,(H,32,33)/t23-/m0/s1. The molecule has 1 aliphatic rings. The minimum Gasteiger partial charge on any atom is -0.494 e. The number of rotatable bonds is 8. The third-order valence-corrected chi connectivity index (χ3v) is 5.80. The molecule has 0 saturated heterocycles. The van der Waals surface area contributed by atoms with Crippen LogP contribution in [0.4, 0.5) is 26.3 Å². The molecule has 10 heteroatoms. The molecule has 3 rings (SSSR count). The van der Waals surface area contributed by atoms with Crippen LogP contribution in [0.2, 0.25) is 0 Å². The molecule has 0 radical (unpaired) electrons. The van der Waals surface area contributed by atoms with Crippen molar-refractivity contribution in [3.63, 3.8) is 0 Å². The summed E-state index contributed by atoms with van der Waals surface area (Å²) in [6.45, 7) is 1.45. The van der Waals surface area contributed by atoms with Gasteiger partial charge >= 0.3 is 12.4 Å². The summed E-state index contributed by atoms with van der Waals surface area (Å²) in [4.78, 5) is 12.9. The van der Waals surface area contributed by atoms with E-state index >= 15 is 0 Å². The normalized spacial score (nSPS) is 19.0. The molecule has 1 heterocycles. The number of hydrogen-bond acceptors (Lipinski definition) is 3. The summed E-state index contributed by atoms with van der Waals surface area (Å²) < 4.78 is 90.9. The Bertz CT molecular complexity index is 1060. The minimum atomic E-state index is -4.85. The van der Waals surface area contributed by atoms with Crippen LogP contribution in [0.1, 0.15) is 36.0 Å². The van der Waals surface area contributed by atoms with Crippen LogP contribution in [-0.2, 0) is 15.1 Å². The Morgan fingerprint density at radius 1 is 0.971 bits per heavy atom. The number of ether oxygens (including phenoxy) is 2. The molecule has 0 aromatic heterocycles. The molecule has 190 valence electrons. The first-order chi connectivity index (χ1) is 16.4. The van der Waals surface area contributed by atoms with Gasteiger partial charge in [-0.05, 0) is 42.2 Å². The van der Waals surface area contributed by atoms with Crippen molar-refractivity contribution < 1.29 is 40.6 Å². The van der Waals surface area contributed by atoms with Gasteiger partial charge in [-0.3, -0.25) is 4.79 Å². The number of alkyl halides is 6. The Balaban J connectivity index is 1.94. The molecule has 0 fully saturated rings. The van der Waals surface area contributed by atoms with Crippen molar-refractivity contribution in [2.45, 2.75) is 44.1 Å². The Morgan fingerprint density at radius 3 is 2.14 bits per heavy atom. The molecule has 2 aromatic carbocycles. The predicted octanol–water partition coefficient (Wildman–Crippen LogP) is 6.09. The Kier molecular flexibility index (Phi) is 7.83. The molecular weight excluding hydrogens is 476 g/mol. The minimum absolute atomic E-state index is 0.112. The third kappa shape index (κ3) is 6.17. The molecule has 0 unspecified atom stereocenters. The third-order valence-electron chi connectivity index (χ3n) is 5.80. The first kappa shape index (κ1) is 26.6. The second kappa shape index (κ2) is 10.3. The number of aryl methyl sites for hydroxylation is 1. The van der Waals surface area contributed by atoms with Gasteiger partial charge in [0.2, 0.25) is 0 Å². The fourth-order valence-electron chi connectivity index (χ4n) is 3.96. The summed E-state index contributed by atoms with van der Waals surface area (Å²) in [7, 11) is 1.35. The molecule has 35 heavy (non-hydrogen) atoms. The van der Waals surface area contributed by atoms with Crippen LogP contribution in [0.5, 0.6) is 5.75 Å². The van der Waals surface area contributed by atoms with Gasteiger partial charge in [-0.25, -0.2) is 0 Å². The lowest BCUT2D eigenvalue weighted by Crippen LogP contribution is -2.59. The molecule has 1 atom stereocenters. The second-order valence-electron chi connectivity index (χ2n) is 8.38. The van der Waals surface area contributed by atoms with Gasteiger partial charge in [-0.15, -0.1) is 0 Å². The summed E-state index contributed by atoms with van der Waals surface area (Å²) in [6.07, 6.45) is -11.0. The van der Waals surface area contributed by atoms with E-state index in [9.17, 15) is 31.1 Å². The highest BCUT2D eigenvalue weighted by Crippen LogP contribution is 2.48. The number of carbonyl (C=O) groups is 1. The zero-order valence-electron chi connectivity index (χ0n) is 19.1. The van der Waals surface area contributed by atoms with E-state index in [-0.39, 0.29) is 42.1 Å². The van der Waals surface area contributed by atoms with Crippen molar-refractivity contribution in [1.82, 2.24) is 5.32 Å². The summed E-state index contributed by atoms with van der Waals surface area (Å²) in [6, 6.07) is 11.7. The highest BCUT2D eigenvalue weighted by molar-refractivity contribution is 6.04. The Hall–Kier alpha value is -3.01. The van der Waals surface area contributed by atoms with Crippen molar-refractivity contribution in [1.29, 1.82) is 0 Å². The van der Waals surface area contributed by atoms with Crippen LogP contribution in [0.25, 0.3) is 5.57 Å². The predicted molar refractivity (Wildman–Crippen MR) is 118 cm³/mol. The van der Waals surface area contributed by atoms with E-state index in [4.69, 9.17) is 9.47 Å². The number of halogens is 6. The number of methoxy groups -OCH3 is 1. The van der Waals surface area contributed by atoms with Gasteiger partial charge in [0, 0.05) is 25.5 Å². The zero-order valence-corrected chi connectivity index (χ0v) is 19.1. The van der Waals surface area contributed by atoms with E-state index in [2.05, 4.69) is 5.32 Å². The van der Waals surface area contributed by atoms with Gasteiger partial charge in [0.05, 0.1) is 13.2 Å². The summed E-state index contributed by atoms with van der Waals surface area (Å²) in [5.74, 6) is -0.761. The molecule has 0 spiro atoms. The van der Waals surface area contributed by atoms with Crippen LogP contribution >= 0.6 is 0 Å². The quantitative estimate of drug-likeness (QED) is 0.352. The van der Waals surface area contributed by atoms with Gasteiger partial charge in [0.25, 0.3) is 5.91 Å². The molecule has 1 N–H and O–H groups in total. The van der Waals surface area contributed by atoms with Gasteiger partial charge in [-0.1, -0.05) is 42.0 Å². The smallest absolute Gasteiger partial charge is 0.416 e. The van der Waals surface area contributed by atoms with E-state index in [1.54, 1.807) is 24.3 Å². The average Bonchev–Trinajstić information content (AvgIpc) is 2.78. The summed E-state index contributed by atoms with van der Waals surface area (Å²) >= 11 is 0. The van der Waals surface area contributed by atoms with E-state index in [1.807, 2.05) is 6.92 Å². The van der Waals surface area contributed by atoms with Crippen LogP contribution in [0, 0.1) is 6.92 Å². The maximum Gasteiger partial charge on any atom is 0.416 e. The fourth-order valence-corrected chi connectivity index (χ4v) is 3.96. The van der Waals surface area contributed by atoms with Crippen LogP contribution in [0.15, 0.2) is 54.1 Å². The van der Waals surface area contributed by atoms with E-state index in [0.29, 0.717) is 5.56 Å². The molecule has 4 nitrogen and oxygen atoms in total. The second-order valence-corrected chi connectivity index (χ2v) is 8.38. The van der Waals surface area contributed by atoms with Gasteiger partial charge in [-0.2, -0.15) is 26.3 Å².